The predicted octanol–water partition coefficient (Wildman–Crippen LogP) is 2.51. The van der Waals surface area contributed by atoms with Crippen LogP contribution in [-0.2, 0) is 9.53 Å². The number of urea groups is 1. The van der Waals surface area contributed by atoms with Gasteiger partial charge in [-0.2, -0.15) is 10.4 Å². The quantitative estimate of drug-likeness (QED) is 0.115. The van der Waals surface area contributed by atoms with Crippen molar-refractivity contribution < 1.29 is 38.4 Å². The van der Waals surface area contributed by atoms with Crippen molar-refractivity contribution in [1.29, 1.82) is 5.26 Å². The SMILES string of the molecule is CCOc1cc(/C=N\N[C@@H](O)COc2ccc([C@H]3NC(=O)NC(C)=C3C(=O)OC)cc2OCC)ccc1OCC#N. The van der Waals surface area contributed by atoms with E-state index in [2.05, 4.69) is 21.2 Å². The van der Waals surface area contributed by atoms with Crippen LogP contribution in [0.15, 0.2) is 52.8 Å². The molecular weight excluding hydrogens is 534 g/mol. The highest BCUT2D eigenvalue weighted by atomic mass is 16.5. The van der Waals surface area contributed by atoms with Crippen molar-refractivity contribution >= 4 is 18.2 Å². The molecule has 0 unspecified atom stereocenters. The van der Waals surface area contributed by atoms with Gasteiger partial charge in [0.05, 0.1) is 38.2 Å². The molecule has 1 heterocycles. The summed E-state index contributed by atoms with van der Waals surface area (Å²) in [6.07, 6.45) is 0.326. The molecule has 1 aliphatic rings. The third kappa shape index (κ3) is 8.26. The van der Waals surface area contributed by atoms with Crippen molar-refractivity contribution in [1.82, 2.24) is 16.1 Å². The van der Waals surface area contributed by atoms with Crippen molar-refractivity contribution in [2.24, 2.45) is 5.10 Å². The highest BCUT2D eigenvalue weighted by Gasteiger charge is 2.32. The number of aliphatic hydroxyl groups excluding tert-OH is 1. The second-order valence-corrected chi connectivity index (χ2v) is 8.50. The number of nitriles is 1. The summed E-state index contributed by atoms with van der Waals surface area (Å²) in [5.74, 6) is 1.03. The summed E-state index contributed by atoms with van der Waals surface area (Å²) in [6.45, 7) is 5.72. The number of allylic oxidation sites excluding steroid dienone is 1. The van der Waals surface area contributed by atoms with Gasteiger partial charge in [-0.1, -0.05) is 6.07 Å². The van der Waals surface area contributed by atoms with Crippen molar-refractivity contribution in [3.63, 3.8) is 0 Å². The van der Waals surface area contributed by atoms with E-state index in [1.807, 2.05) is 13.0 Å². The number of hydrazone groups is 1. The zero-order valence-electron chi connectivity index (χ0n) is 23.2. The van der Waals surface area contributed by atoms with Gasteiger partial charge in [0, 0.05) is 5.70 Å². The molecule has 2 amide bonds. The van der Waals surface area contributed by atoms with Crippen LogP contribution in [-0.4, -0.2) is 63.1 Å². The van der Waals surface area contributed by atoms with Gasteiger partial charge in [0.2, 0.25) is 0 Å². The highest BCUT2D eigenvalue weighted by Crippen LogP contribution is 2.35. The Bertz CT molecular complexity index is 1340. The standard InChI is InChI=1S/C28H33N5O8/c1-5-38-22-13-18(7-9-20(22)40-12-11-29)15-30-33-24(34)16-41-21-10-8-19(14-23(21)39-6-2)26-25(27(35)37-4)17(3)31-28(36)32-26/h7-10,13-15,24,26,33-34H,5-6,12,16H2,1-4H3,(H2,31,32,36)/b30-15-/t24-,26+/m0/s1. The molecule has 2 atom stereocenters. The molecule has 2 aromatic carbocycles. The van der Waals surface area contributed by atoms with Crippen LogP contribution in [0.4, 0.5) is 4.79 Å². The van der Waals surface area contributed by atoms with Crippen LogP contribution in [0.25, 0.3) is 0 Å². The van der Waals surface area contributed by atoms with Gasteiger partial charge >= 0.3 is 12.0 Å². The zero-order chi connectivity index (χ0) is 29.8. The summed E-state index contributed by atoms with van der Waals surface area (Å²) >= 11 is 0. The average molecular weight is 568 g/mol. The smallest absolute Gasteiger partial charge is 0.337 e. The van der Waals surface area contributed by atoms with Gasteiger partial charge in [-0.15, -0.1) is 0 Å². The maximum Gasteiger partial charge on any atom is 0.337 e. The van der Waals surface area contributed by atoms with Crippen LogP contribution in [0, 0.1) is 11.3 Å². The first kappa shape index (κ1) is 30.6. The van der Waals surface area contributed by atoms with Gasteiger partial charge in [0.15, 0.2) is 35.8 Å². The number of nitrogens with one attached hydrogen (secondary N) is 3. The monoisotopic (exact) mass is 567 g/mol. The van der Waals surface area contributed by atoms with E-state index in [9.17, 15) is 14.7 Å². The van der Waals surface area contributed by atoms with Crippen molar-refractivity contribution in [2.75, 3.05) is 33.5 Å². The van der Waals surface area contributed by atoms with Crippen molar-refractivity contribution in [3.05, 3.63) is 58.8 Å². The van der Waals surface area contributed by atoms with E-state index < -0.39 is 24.3 Å². The Labute approximate surface area is 237 Å². The van der Waals surface area contributed by atoms with Gasteiger partial charge in [-0.05, 0) is 62.2 Å². The summed E-state index contributed by atoms with van der Waals surface area (Å²) in [4.78, 5) is 24.5. The van der Waals surface area contributed by atoms with Crippen LogP contribution < -0.4 is 35.0 Å². The lowest BCUT2D eigenvalue weighted by molar-refractivity contribution is -0.136. The molecule has 13 nitrogen and oxygen atoms in total. The fourth-order valence-electron chi connectivity index (χ4n) is 3.92. The van der Waals surface area contributed by atoms with E-state index in [4.69, 9.17) is 28.9 Å². The number of hydrogen-bond acceptors (Lipinski definition) is 11. The molecule has 1 aliphatic heterocycles. The minimum absolute atomic E-state index is 0.102. The predicted molar refractivity (Wildman–Crippen MR) is 148 cm³/mol. The first-order valence-corrected chi connectivity index (χ1v) is 12.8. The first-order valence-electron chi connectivity index (χ1n) is 12.8. The molecule has 0 radical (unpaired) electrons. The van der Waals surface area contributed by atoms with Gasteiger partial charge < -0.3 is 39.4 Å². The number of rotatable bonds is 14. The number of carbonyl (C=O) groups excluding carboxylic acids is 2. The number of ether oxygens (including phenoxy) is 5. The second-order valence-electron chi connectivity index (χ2n) is 8.50. The lowest BCUT2D eigenvalue weighted by Gasteiger charge is -2.28. The van der Waals surface area contributed by atoms with Gasteiger partial charge in [-0.25, -0.2) is 9.59 Å². The second kappa shape index (κ2) is 15.0. The van der Waals surface area contributed by atoms with Crippen LogP contribution in [0.3, 0.4) is 0 Å². The molecule has 0 saturated heterocycles. The molecular formula is C28H33N5O8. The number of hydrogen-bond donors (Lipinski definition) is 4. The number of amides is 2. The topological polar surface area (TPSA) is 173 Å². The number of nitrogens with zero attached hydrogens (tertiary/aromatic N) is 2. The molecule has 3 rings (SSSR count). The Morgan fingerprint density at radius 3 is 2.46 bits per heavy atom. The highest BCUT2D eigenvalue weighted by molar-refractivity contribution is 5.95. The normalized spacial score (nSPS) is 15.3. The van der Waals surface area contributed by atoms with Gasteiger partial charge in [0.25, 0.3) is 0 Å². The summed E-state index contributed by atoms with van der Waals surface area (Å²) in [7, 11) is 1.27. The number of esters is 1. The number of benzene rings is 2. The Kier molecular flexibility index (Phi) is 11.2. The molecule has 0 aromatic heterocycles. The minimum atomic E-state index is -1.16. The lowest BCUT2D eigenvalue weighted by atomic mass is 9.95. The Hall–Kier alpha value is -4.96. The molecule has 0 fully saturated rings. The zero-order valence-corrected chi connectivity index (χ0v) is 23.2. The Morgan fingerprint density at radius 2 is 1.78 bits per heavy atom. The van der Waals surface area contributed by atoms with E-state index in [1.54, 1.807) is 50.2 Å². The molecule has 41 heavy (non-hydrogen) atoms. The van der Waals surface area contributed by atoms with E-state index in [0.717, 1.165) is 0 Å². The molecule has 2 aromatic rings. The number of methoxy groups -OCH3 is 1. The summed E-state index contributed by atoms with van der Waals surface area (Å²) in [6, 6.07) is 10.8. The van der Waals surface area contributed by atoms with E-state index >= 15 is 0 Å². The average Bonchev–Trinajstić information content (AvgIpc) is 2.95. The van der Waals surface area contributed by atoms with E-state index in [1.165, 1.54) is 13.3 Å². The fraction of sp³-hybridized carbons (Fsp3) is 0.357. The van der Waals surface area contributed by atoms with Crippen LogP contribution in [0.1, 0.15) is 37.9 Å². The largest absolute Gasteiger partial charge is 0.490 e. The third-order valence-corrected chi connectivity index (χ3v) is 5.67. The molecule has 0 bridgehead atoms. The fourth-order valence-corrected chi connectivity index (χ4v) is 3.92. The molecule has 13 heteroatoms. The Balaban J connectivity index is 1.67. The van der Waals surface area contributed by atoms with Gasteiger partial charge in [0.1, 0.15) is 12.7 Å². The van der Waals surface area contributed by atoms with Crippen LogP contribution in [0.2, 0.25) is 0 Å². The van der Waals surface area contributed by atoms with Crippen molar-refractivity contribution in [3.8, 4) is 29.1 Å². The molecule has 218 valence electrons. The maximum absolute atomic E-state index is 12.4. The molecule has 0 aliphatic carbocycles. The molecule has 0 spiro atoms. The van der Waals surface area contributed by atoms with Gasteiger partial charge in [-0.3, -0.25) is 5.43 Å². The molecule has 0 saturated carbocycles. The molecule has 4 N–H and O–H groups in total. The van der Waals surface area contributed by atoms with E-state index in [0.29, 0.717) is 53.0 Å². The van der Waals surface area contributed by atoms with Crippen LogP contribution >= 0.6 is 0 Å². The number of aliphatic hydroxyl groups is 1. The minimum Gasteiger partial charge on any atom is -0.490 e. The maximum atomic E-state index is 12.4. The summed E-state index contributed by atoms with van der Waals surface area (Å²) in [5, 5.41) is 28.4. The van der Waals surface area contributed by atoms with Crippen molar-refractivity contribution in [2.45, 2.75) is 33.0 Å². The lowest BCUT2D eigenvalue weighted by Crippen LogP contribution is -2.45. The Morgan fingerprint density at radius 1 is 1.10 bits per heavy atom. The first-order chi connectivity index (χ1) is 19.8. The van der Waals surface area contributed by atoms with E-state index in [-0.39, 0.29) is 18.8 Å². The van der Waals surface area contributed by atoms with Crippen LogP contribution in [0.5, 0.6) is 23.0 Å². The summed E-state index contributed by atoms with van der Waals surface area (Å²) in [5.41, 5.74) is 4.48. The third-order valence-electron chi connectivity index (χ3n) is 5.67. The summed E-state index contributed by atoms with van der Waals surface area (Å²) < 4.78 is 27.3. The number of carbonyl (C=O) groups is 2.